The normalized spacial score (nSPS) is 18.5. The zero-order chi connectivity index (χ0) is 27.8. The standard InChI is InChI=1S/C26H27N2O/c1-14(2)20-12-21-19-10-9-15(3)25(26(19)29-24(21)13-22(20)27-7)23-11-16(4)17(5)18(6)28(23)8/h9-14H,1-6,8H3/q+1/i1D3,5D3,11D,14D. The number of fused-ring (bicyclic) bond motifs is 3. The predicted molar refractivity (Wildman–Crippen MR) is 120 cm³/mol. The number of pyridine rings is 1. The first-order chi connectivity index (χ1) is 16.9. The van der Waals surface area contributed by atoms with Crippen LogP contribution in [0.25, 0.3) is 38.0 Å². The maximum atomic E-state index is 8.91. The van der Waals surface area contributed by atoms with Crippen LogP contribution >= 0.6 is 0 Å². The summed E-state index contributed by atoms with van der Waals surface area (Å²) in [7, 11) is 1.72. The SMILES string of the molecule is [2H]c1c(C)c(C([2H])([2H])[2H])c(C)[n+](C)c1-c1c(C)ccc2c1oc1cc([N+]#[C-])c(C([2H])(C)C([2H])([2H])[2H])cc12. The zero-order valence-corrected chi connectivity index (χ0v) is 17.1. The van der Waals surface area contributed by atoms with Gasteiger partial charge in [-0.05, 0) is 49.4 Å². The molecular formula is C26H27N2O+. The fraction of sp³-hybridized carbons (Fsp3) is 0.308. The molecule has 2 aromatic heterocycles. The third kappa shape index (κ3) is 2.83. The van der Waals surface area contributed by atoms with E-state index in [9.17, 15) is 0 Å². The molecule has 4 aromatic rings. The quantitative estimate of drug-likeness (QED) is 0.267. The zero-order valence-electron chi connectivity index (χ0n) is 25.1. The molecule has 2 aromatic carbocycles. The molecule has 0 aliphatic rings. The highest BCUT2D eigenvalue weighted by atomic mass is 16.3. The molecule has 0 radical (unpaired) electrons. The molecule has 0 saturated heterocycles. The minimum Gasteiger partial charge on any atom is -0.456 e. The number of hydrogen-bond donors (Lipinski definition) is 0. The lowest BCUT2D eigenvalue weighted by atomic mass is 9.96. The van der Waals surface area contributed by atoms with Gasteiger partial charge in [0.15, 0.2) is 11.4 Å². The van der Waals surface area contributed by atoms with Crippen LogP contribution in [0.4, 0.5) is 5.69 Å². The van der Waals surface area contributed by atoms with E-state index in [1.807, 2.05) is 19.1 Å². The molecule has 0 bridgehead atoms. The van der Waals surface area contributed by atoms with Crippen LogP contribution in [0, 0.1) is 34.2 Å². The van der Waals surface area contributed by atoms with Gasteiger partial charge in [-0.1, -0.05) is 32.0 Å². The van der Waals surface area contributed by atoms with E-state index in [-0.39, 0.29) is 22.9 Å². The monoisotopic (exact) mass is 391 g/mol. The van der Waals surface area contributed by atoms with E-state index in [1.54, 1.807) is 31.5 Å². The van der Waals surface area contributed by atoms with Crippen LogP contribution in [0.2, 0.25) is 0 Å². The summed E-state index contributed by atoms with van der Waals surface area (Å²) in [6.07, 6.45) is 0. The van der Waals surface area contributed by atoms with E-state index in [0.717, 1.165) is 5.56 Å². The fourth-order valence-corrected chi connectivity index (χ4v) is 3.82. The highest BCUT2D eigenvalue weighted by Gasteiger charge is 2.24. The Bertz CT molecular complexity index is 1610. The number of aromatic nitrogens is 1. The summed E-state index contributed by atoms with van der Waals surface area (Å²) in [5.74, 6) is -2.02. The number of benzene rings is 2. The van der Waals surface area contributed by atoms with Crippen molar-refractivity contribution in [1.29, 1.82) is 0 Å². The van der Waals surface area contributed by atoms with Crippen LogP contribution in [0.15, 0.2) is 34.7 Å². The summed E-state index contributed by atoms with van der Waals surface area (Å²) in [5.41, 5.74) is 3.82. The third-order valence-electron chi connectivity index (χ3n) is 5.61. The summed E-state index contributed by atoms with van der Waals surface area (Å²) in [6.45, 7) is 9.06. The van der Waals surface area contributed by atoms with E-state index >= 15 is 0 Å². The van der Waals surface area contributed by atoms with Crippen molar-refractivity contribution in [1.82, 2.24) is 0 Å². The van der Waals surface area contributed by atoms with Gasteiger partial charge in [0.25, 0.3) is 0 Å². The first-order valence-electron chi connectivity index (χ1n) is 13.3. The van der Waals surface area contributed by atoms with Gasteiger partial charge < -0.3 is 4.42 Å². The molecule has 0 spiro atoms. The average molecular weight is 392 g/mol. The molecule has 2 heterocycles. The van der Waals surface area contributed by atoms with E-state index < -0.39 is 19.6 Å². The molecule has 0 amide bonds. The van der Waals surface area contributed by atoms with E-state index in [1.165, 1.54) is 13.0 Å². The van der Waals surface area contributed by atoms with Crippen molar-refractivity contribution >= 4 is 27.6 Å². The first-order valence-corrected chi connectivity index (χ1v) is 9.32. The Balaban J connectivity index is 2.14. The maximum Gasteiger partial charge on any atom is 0.216 e. The van der Waals surface area contributed by atoms with Crippen molar-refractivity contribution in [3.8, 4) is 11.3 Å². The Hall–Kier alpha value is -3.12. The van der Waals surface area contributed by atoms with Crippen LogP contribution in [0.1, 0.15) is 58.6 Å². The minimum absolute atomic E-state index is 0.0268. The van der Waals surface area contributed by atoms with Gasteiger partial charge in [-0.25, -0.2) is 4.85 Å². The van der Waals surface area contributed by atoms with Gasteiger partial charge in [-0.3, -0.25) is 0 Å². The van der Waals surface area contributed by atoms with Crippen molar-refractivity contribution in [3.05, 3.63) is 69.7 Å². The van der Waals surface area contributed by atoms with Gasteiger partial charge >= 0.3 is 0 Å². The maximum absolute atomic E-state index is 8.91. The van der Waals surface area contributed by atoms with Crippen molar-refractivity contribution < 1.29 is 20.0 Å². The fourth-order valence-electron chi connectivity index (χ4n) is 3.82. The van der Waals surface area contributed by atoms with Crippen LogP contribution < -0.4 is 4.57 Å². The predicted octanol–water partition coefficient (Wildman–Crippen LogP) is 6.99. The van der Waals surface area contributed by atoms with Gasteiger partial charge in [0, 0.05) is 38.9 Å². The summed E-state index contributed by atoms with van der Waals surface area (Å²) < 4.78 is 72.9. The lowest BCUT2D eigenvalue weighted by Gasteiger charge is -2.10. The summed E-state index contributed by atoms with van der Waals surface area (Å²) in [4.78, 5) is 3.49. The Kier molecular flexibility index (Phi) is 2.74. The van der Waals surface area contributed by atoms with E-state index in [2.05, 4.69) is 4.85 Å². The highest BCUT2D eigenvalue weighted by molar-refractivity contribution is 6.10. The van der Waals surface area contributed by atoms with Gasteiger partial charge in [0.1, 0.15) is 18.2 Å². The Labute approximate surface area is 183 Å². The number of furan rings is 1. The molecule has 1 atom stereocenters. The van der Waals surface area contributed by atoms with Gasteiger partial charge in [0.2, 0.25) is 5.69 Å². The number of nitrogens with zero attached hydrogens (tertiary/aromatic N) is 2. The van der Waals surface area contributed by atoms with Crippen molar-refractivity contribution in [2.45, 2.75) is 47.3 Å². The molecule has 0 aliphatic carbocycles. The number of rotatable bonds is 2. The van der Waals surface area contributed by atoms with Crippen LogP contribution in [0.5, 0.6) is 0 Å². The molecule has 1 unspecified atom stereocenters. The largest absolute Gasteiger partial charge is 0.456 e. The van der Waals surface area contributed by atoms with Crippen molar-refractivity contribution in [3.63, 3.8) is 0 Å². The average Bonchev–Trinajstić information content (AvgIpc) is 3.14. The minimum atomic E-state index is -2.66. The molecular weight excluding hydrogens is 356 g/mol. The Morgan fingerprint density at radius 1 is 1.21 bits per heavy atom. The van der Waals surface area contributed by atoms with Gasteiger partial charge in [0.05, 0.1) is 13.5 Å². The van der Waals surface area contributed by atoms with Crippen molar-refractivity contribution in [2.24, 2.45) is 7.05 Å². The second kappa shape index (κ2) is 6.74. The van der Waals surface area contributed by atoms with Crippen molar-refractivity contribution in [2.75, 3.05) is 0 Å². The Morgan fingerprint density at radius 3 is 2.69 bits per heavy atom. The molecule has 0 N–H and O–H groups in total. The smallest absolute Gasteiger partial charge is 0.216 e. The van der Waals surface area contributed by atoms with E-state index in [4.69, 9.17) is 22.0 Å². The topological polar surface area (TPSA) is 21.4 Å². The van der Waals surface area contributed by atoms with Crippen LogP contribution in [-0.4, -0.2) is 0 Å². The van der Waals surface area contributed by atoms with E-state index in [0.29, 0.717) is 44.5 Å². The third-order valence-corrected chi connectivity index (χ3v) is 5.61. The number of aryl methyl sites for hydroxylation is 1. The highest BCUT2D eigenvalue weighted by Crippen LogP contribution is 2.41. The molecule has 0 fully saturated rings. The van der Waals surface area contributed by atoms with Gasteiger partial charge in [-0.15, -0.1) is 0 Å². The molecule has 29 heavy (non-hydrogen) atoms. The molecule has 0 aliphatic heterocycles. The van der Waals surface area contributed by atoms with Crippen LogP contribution in [-0.2, 0) is 7.05 Å². The second-order valence-electron chi connectivity index (χ2n) is 7.46. The first kappa shape index (κ1) is 11.8. The van der Waals surface area contributed by atoms with Crippen LogP contribution in [0.3, 0.4) is 0 Å². The summed E-state index contributed by atoms with van der Waals surface area (Å²) in [5, 5.41) is 1.20. The summed E-state index contributed by atoms with van der Waals surface area (Å²) >= 11 is 0. The lowest BCUT2D eigenvalue weighted by Crippen LogP contribution is -2.36. The molecule has 146 valence electrons. The van der Waals surface area contributed by atoms with Gasteiger partial charge in [-0.2, -0.15) is 4.57 Å². The lowest BCUT2D eigenvalue weighted by molar-refractivity contribution is -0.667. The number of hydrogen-bond acceptors (Lipinski definition) is 1. The molecule has 3 nitrogen and oxygen atoms in total. The molecule has 0 saturated carbocycles. The molecule has 3 heteroatoms. The molecule has 4 rings (SSSR count). The summed E-state index contributed by atoms with van der Waals surface area (Å²) in [6, 6.07) is 6.77. The Morgan fingerprint density at radius 2 is 2.00 bits per heavy atom. The second-order valence-corrected chi connectivity index (χ2v) is 7.46.